The van der Waals surface area contributed by atoms with E-state index in [1.165, 1.54) is 45.6 Å². The van der Waals surface area contributed by atoms with Gasteiger partial charge in [0.1, 0.15) is 12.3 Å². The predicted octanol–water partition coefficient (Wildman–Crippen LogP) is 5.45. The number of anilines is 1. The molecule has 0 heterocycles. The van der Waals surface area contributed by atoms with Crippen molar-refractivity contribution in [1.82, 2.24) is 5.32 Å². The largest absolute Gasteiger partial charge is 0.495 e. The van der Waals surface area contributed by atoms with E-state index in [-0.39, 0.29) is 33.1 Å². The molecule has 1 amide bonds. The van der Waals surface area contributed by atoms with E-state index in [0.717, 1.165) is 21.0 Å². The maximum atomic E-state index is 14.0. The van der Waals surface area contributed by atoms with Gasteiger partial charge >= 0.3 is 0 Å². The summed E-state index contributed by atoms with van der Waals surface area (Å²) in [5.74, 6) is 0.364. The topological polar surface area (TPSA) is 94.2 Å². The van der Waals surface area contributed by atoms with E-state index in [1.807, 2.05) is 32.9 Å². The van der Waals surface area contributed by atoms with Crippen molar-refractivity contribution < 1.29 is 27.4 Å². The fourth-order valence-corrected chi connectivity index (χ4v) is 5.85. The number of carbonyl (C=O) groups is 1. The zero-order chi connectivity index (χ0) is 28.0. The highest BCUT2D eigenvalue weighted by Gasteiger charge is 2.31. The summed E-state index contributed by atoms with van der Waals surface area (Å²) in [6, 6.07) is 14.5. The van der Waals surface area contributed by atoms with Gasteiger partial charge in [-0.25, -0.2) is 8.42 Å². The SMILES string of the molecule is CCC(NC(=O)CN(c1cc(Cl)ccc1OC)S(=O)(=O)c1ccc(OC)c(OC)c1)c1ccc(C)cc1C. The van der Waals surface area contributed by atoms with Crippen LogP contribution in [0.4, 0.5) is 5.69 Å². The Bertz CT molecular complexity index is 1410. The number of rotatable bonds is 11. The minimum absolute atomic E-state index is 0.0913. The van der Waals surface area contributed by atoms with Gasteiger partial charge in [-0.2, -0.15) is 0 Å². The Labute approximate surface area is 229 Å². The van der Waals surface area contributed by atoms with Crippen LogP contribution >= 0.6 is 11.6 Å². The molecule has 0 radical (unpaired) electrons. The van der Waals surface area contributed by atoms with Gasteiger partial charge < -0.3 is 19.5 Å². The van der Waals surface area contributed by atoms with Crippen LogP contribution in [0.15, 0.2) is 59.5 Å². The summed E-state index contributed by atoms with van der Waals surface area (Å²) in [4.78, 5) is 13.3. The van der Waals surface area contributed by atoms with Crippen LogP contribution in [0.1, 0.15) is 36.1 Å². The smallest absolute Gasteiger partial charge is 0.265 e. The molecule has 38 heavy (non-hydrogen) atoms. The van der Waals surface area contributed by atoms with Crippen molar-refractivity contribution in [3.63, 3.8) is 0 Å². The van der Waals surface area contributed by atoms with E-state index in [2.05, 4.69) is 11.4 Å². The zero-order valence-electron chi connectivity index (χ0n) is 22.4. The normalized spacial score (nSPS) is 12.0. The molecule has 3 rings (SSSR count). The van der Waals surface area contributed by atoms with Crippen LogP contribution in [0, 0.1) is 13.8 Å². The Balaban J connectivity index is 2.05. The molecule has 1 unspecified atom stereocenters. The number of carbonyl (C=O) groups excluding carboxylic acids is 1. The van der Waals surface area contributed by atoms with E-state index >= 15 is 0 Å². The molecule has 0 aliphatic rings. The van der Waals surface area contributed by atoms with E-state index in [4.69, 9.17) is 25.8 Å². The summed E-state index contributed by atoms with van der Waals surface area (Å²) in [7, 11) is 0.0111. The van der Waals surface area contributed by atoms with Crippen LogP contribution in [0.5, 0.6) is 17.2 Å². The van der Waals surface area contributed by atoms with E-state index in [0.29, 0.717) is 12.2 Å². The zero-order valence-corrected chi connectivity index (χ0v) is 23.9. The fraction of sp³-hybridized carbons (Fsp3) is 0.321. The highest BCUT2D eigenvalue weighted by Crippen LogP contribution is 2.37. The van der Waals surface area contributed by atoms with Gasteiger partial charge in [-0.3, -0.25) is 9.10 Å². The summed E-state index contributed by atoms with van der Waals surface area (Å²) in [6.45, 7) is 5.45. The minimum Gasteiger partial charge on any atom is -0.495 e. The number of halogens is 1. The predicted molar refractivity (Wildman–Crippen MR) is 149 cm³/mol. The number of hydrogen-bond acceptors (Lipinski definition) is 6. The fourth-order valence-electron chi connectivity index (χ4n) is 4.25. The number of methoxy groups -OCH3 is 3. The molecule has 204 valence electrons. The molecule has 0 aromatic heterocycles. The summed E-state index contributed by atoms with van der Waals surface area (Å²) in [6.07, 6.45) is 0.624. The Morgan fingerprint density at radius 3 is 2.18 bits per heavy atom. The van der Waals surface area contributed by atoms with E-state index < -0.39 is 22.5 Å². The van der Waals surface area contributed by atoms with Gasteiger partial charge in [0.25, 0.3) is 10.0 Å². The first-order valence-corrected chi connectivity index (χ1v) is 13.8. The molecule has 0 bridgehead atoms. The molecule has 0 saturated carbocycles. The van der Waals surface area contributed by atoms with Crippen LogP contribution in [0.3, 0.4) is 0 Å². The maximum absolute atomic E-state index is 14.0. The molecule has 0 spiro atoms. The standard InChI is InChI=1S/C28H33ClN2O6S/c1-7-23(22-11-8-18(2)14-19(22)3)30-28(32)17-31(24-15-20(29)9-12-25(24)35-4)38(33,34)21-10-13-26(36-5)27(16-21)37-6/h8-16,23H,7,17H2,1-6H3,(H,30,32). The first-order chi connectivity index (χ1) is 18.0. The van der Waals surface area contributed by atoms with Gasteiger partial charge in [-0.05, 0) is 61.7 Å². The molecule has 3 aromatic rings. The molecule has 0 saturated heterocycles. The van der Waals surface area contributed by atoms with Gasteiger partial charge in [0.15, 0.2) is 11.5 Å². The molecule has 1 atom stereocenters. The lowest BCUT2D eigenvalue weighted by atomic mass is 9.97. The molecule has 1 N–H and O–H groups in total. The summed E-state index contributed by atoms with van der Waals surface area (Å²) in [5.41, 5.74) is 3.27. The lowest BCUT2D eigenvalue weighted by Gasteiger charge is -2.27. The second-order valence-electron chi connectivity index (χ2n) is 8.73. The highest BCUT2D eigenvalue weighted by molar-refractivity contribution is 7.92. The summed E-state index contributed by atoms with van der Waals surface area (Å²) >= 11 is 6.24. The maximum Gasteiger partial charge on any atom is 0.265 e. The van der Waals surface area contributed by atoms with Crippen LogP contribution in [-0.2, 0) is 14.8 Å². The van der Waals surface area contributed by atoms with Crippen LogP contribution in [0.2, 0.25) is 5.02 Å². The van der Waals surface area contributed by atoms with Crippen LogP contribution in [-0.4, -0.2) is 42.2 Å². The number of nitrogens with zero attached hydrogens (tertiary/aromatic N) is 1. The minimum atomic E-state index is -4.28. The molecule has 0 fully saturated rings. The van der Waals surface area contributed by atoms with Gasteiger partial charge in [0.2, 0.25) is 5.91 Å². The third-order valence-corrected chi connectivity index (χ3v) is 8.17. The third-order valence-electron chi connectivity index (χ3n) is 6.18. The Morgan fingerprint density at radius 2 is 1.58 bits per heavy atom. The van der Waals surface area contributed by atoms with Gasteiger partial charge in [0.05, 0.1) is 38.0 Å². The second-order valence-corrected chi connectivity index (χ2v) is 11.0. The highest BCUT2D eigenvalue weighted by atomic mass is 35.5. The van der Waals surface area contributed by atoms with Gasteiger partial charge in [0, 0.05) is 11.1 Å². The molecule has 10 heteroatoms. The van der Waals surface area contributed by atoms with Crippen LogP contribution < -0.4 is 23.8 Å². The number of sulfonamides is 1. The molecular formula is C28H33ClN2O6S. The number of benzene rings is 3. The Kier molecular flexibility index (Phi) is 9.51. The van der Waals surface area contributed by atoms with Crippen molar-refractivity contribution in [1.29, 1.82) is 0 Å². The molecule has 8 nitrogen and oxygen atoms in total. The quantitative estimate of drug-likeness (QED) is 0.335. The Hall–Kier alpha value is -3.43. The first kappa shape index (κ1) is 29.1. The Morgan fingerprint density at radius 1 is 0.921 bits per heavy atom. The average Bonchev–Trinajstić information content (AvgIpc) is 2.90. The molecule has 0 aliphatic carbocycles. The van der Waals surface area contributed by atoms with Crippen molar-refractivity contribution in [2.45, 2.75) is 38.1 Å². The van der Waals surface area contributed by atoms with Gasteiger partial charge in [-0.1, -0.05) is 42.3 Å². The van der Waals surface area contributed by atoms with Crippen LogP contribution in [0.25, 0.3) is 0 Å². The number of aryl methyl sites for hydroxylation is 2. The van der Waals surface area contributed by atoms with Crippen molar-refractivity contribution in [3.05, 3.63) is 76.3 Å². The number of amides is 1. The average molecular weight is 561 g/mol. The van der Waals surface area contributed by atoms with Crippen molar-refractivity contribution >= 4 is 33.2 Å². The number of nitrogens with one attached hydrogen (secondary N) is 1. The summed E-state index contributed by atoms with van der Waals surface area (Å²) < 4.78 is 44.9. The first-order valence-electron chi connectivity index (χ1n) is 12.0. The second kappa shape index (κ2) is 12.4. The number of ether oxygens (including phenoxy) is 3. The monoisotopic (exact) mass is 560 g/mol. The van der Waals surface area contributed by atoms with E-state index in [1.54, 1.807) is 12.1 Å². The third kappa shape index (κ3) is 6.34. The van der Waals surface area contributed by atoms with Gasteiger partial charge in [-0.15, -0.1) is 0 Å². The van der Waals surface area contributed by atoms with Crippen molar-refractivity contribution in [3.8, 4) is 17.2 Å². The number of hydrogen-bond donors (Lipinski definition) is 1. The lowest BCUT2D eigenvalue weighted by molar-refractivity contribution is -0.120. The molecular weight excluding hydrogens is 528 g/mol. The summed E-state index contributed by atoms with van der Waals surface area (Å²) in [5, 5.41) is 3.28. The lowest BCUT2D eigenvalue weighted by Crippen LogP contribution is -2.42. The molecule has 3 aromatic carbocycles. The van der Waals surface area contributed by atoms with E-state index in [9.17, 15) is 13.2 Å². The molecule has 0 aliphatic heterocycles. The van der Waals surface area contributed by atoms with Crippen molar-refractivity contribution in [2.75, 3.05) is 32.2 Å². The van der Waals surface area contributed by atoms with Crippen molar-refractivity contribution in [2.24, 2.45) is 0 Å².